The molecule has 1 aliphatic rings. The van der Waals surface area contributed by atoms with E-state index >= 15 is 0 Å². The van der Waals surface area contributed by atoms with Crippen LogP contribution >= 0.6 is 27.3 Å². The van der Waals surface area contributed by atoms with Gasteiger partial charge in [0, 0.05) is 21.0 Å². The summed E-state index contributed by atoms with van der Waals surface area (Å²) in [5.74, 6) is 1.01. The van der Waals surface area contributed by atoms with E-state index in [1.54, 1.807) is 11.3 Å². The van der Waals surface area contributed by atoms with E-state index in [9.17, 15) is 0 Å². The Hall–Kier alpha value is -0.840. The lowest BCUT2D eigenvalue weighted by molar-refractivity contribution is 0.301. The summed E-state index contributed by atoms with van der Waals surface area (Å²) in [6.07, 6.45) is 0. The van der Waals surface area contributed by atoms with Gasteiger partial charge < -0.3 is 4.74 Å². The van der Waals surface area contributed by atoms with Gasteiger partial charge in [0.1, 0.15) is 12.4 Å². The zero-order valence-electron chi connectivity index (χ0n) is 10.0. The maximum absolute atomic E-state index is 5.69. The summed E-state index contributed by atoms with van der Waals surface area (Å²) in [7, 11) is 0. The average molecular weight is 324 g/mol. The smallest absolute Gasteiger partial charge is 0.124 e. The highest BCUT2D eigenvalue weighted by Gasteiger charge is 2.25. The second-order valence-electron chi connectivity index (χ2n) is 4.42. The van der Waals surface area contributed by atoms with Gasteiger partial charge in [0.2, 0.25) is 0 Å². The highest BCUT2D eigenvalue weighted by atomic mass is 79.9. The van der Waals surface area contributed by atoms with E-state index in [4.69, 9.17) is 4.74 Å². The van der Waals surface area contributed by atoms with E-state index in [-0.39, 0.29) is 6.04 Å². The zero-order valence-corrected chi connectivity index (χ0v) is 12.4. The van der Waals surface area contributed by atoms with Gasteiger partial charge in [0.05, 0.1) is 6.04 Å². The molecular weight excluding hydrogens is 310 g/mol. The predicted molar refractivity (Wildman–Crippen MR) is 78.2 cm³/mol. The number of thiophene rings is 1. The number of fused-ring (bicyclic) bond motifs is 1. The molecule has 0 amide bonds. The van der Waals surface area contributed by atoms with Gasteiger partial charge >= 0.3 is 0 Å². The van der Waals surface area contributed by atoms with Gasteiger partial charge in [0.25, 0.3) is 0 Å². The van der Waals surface area contributed by atoms with Crippen LogP contribution in [0.3, 0.4) is 0 Å². The van der Waals surface area contributed by atoms with Crippen molar-refractivity contribution in [2.24, 2.45) is 0 Å². The molecule has 1 aromatic heterocycles. The molecule has 94 valence electrons. The summed E-state index contributed by atoms with van der Waals surface area (Å²) < 4.78 is 6.87. The van der Waals surface area contributed by atoms with E-state index in [1.165, 1.54) is 14.9 Å². The molecule has 2 atom stereocenters. The topological polar surface area (TPSA) is 21.3 Å². The summed E-state index contributed by atoms with van der Waals surface area (Å²) in [6, 6.07) is 10.9. The lowest BCUT2D eigenvalue weighted by Crippen LogP contribution is -2.25. The monoisotopic (exact) mass is 323 g/mol. The molecule has 1 aliphatic heterocycles. The van der Waals surface area contributed by atoms with Crippen LogP contribution < -0.4 is 10.1 Å². The normalized spacial score (nSPS) is 19.3. The minimum Gasteiger partial charge on any atom is -0.491 e. The van der Waals surface area contributed by atoms with Gasteiger partial charge in [-0.25, -0.2) is 0 Å². The standard InChI is InChI=1S/C14H14BrNOS/c1-9(14-11(15)6-7-18-14)16-12-8-17-13-5-3-2-4-10(12)13/h2-7,9,12,16H,8H2,1H3. The fourth-order valence-electron chi connectivity index (χ4n) is 2.29. The fourth-order valence-corrected chi connectivity index (χ4v) is 4.03. The van der Waals surface area contributed by atoms with Gasteiger partial charge in [-0.3, -0.25) is 5.32 Å². The highest BCUT2D eigenvalue weighted by molar-refractivity contribution is 9.10. The van der Waals surface area contributed by atoms with Crippen molar-refractivity contribution in [1.29, 1.82) is 0 Å². The Morgan fingerprint density at radius 3 is 3.00 bits per heavy atom. The summed E-state index contributed by atoms with van der Waals surface area (Å²) >= 11 is 5.36. The Balaban J connectivity index is 1.77. The van der Waals surface area contributed by atoms with Crippen molar-refractivity contribution in [1.82, 2.24) is 5.32 Å². The third-order valence-electron chi connectivity index (χ3n) is 3.19. The number of ether oxygens (including phenoxy) is 1. The molecule has 4 heteroatoms. The lowest BCUT2D eigenvalue weighted by Gasteiger charge is -2.18. The Morgan fingerprint density at radius 1 is 1.39 bits per heavy atom. The highest BCUT2D eigenvalue weighted by Crippen LogP contribution is 2.35. The van der Waals surface area contributed by atoms with Gasteiger partial charge in [-0.2, -0.15) is 0 Å². The van der Waals surface area contributed by atoms with E-state index in [0.717, 1.165) is 5.75 Å². The van der Waals surface area contributed by atoms with Crippen LogP contribution in [-0.4, -0.2) is 6.61 Å². The van der Waals surface area contributed by atoms with Crippen LogP contribution in [0.25, 0.3) is 0 Å². The third kappa shape index (κ3) is 2.20. The number of hydrogen-bond donors (Lipinski definition) is 1. The van der Waals surface area contributed by atoms with E-state index in [2.05, 4.69) is 51.7 Å². The van der Waals surface area contributed by atoms with E-state index in [1.807, 2.05) is 12.1 Å². The summed E-state index contributed by atoms with van der Waals surface area (Å²) in [6.45, 7) is 2.91. The molecule has 0 fully saturated rings. The summed E-state index contributed by atoms with van der Waals surface area (Å²) in [4.78, 5) is 1.33. The second kappa shape index (κ2) is 5.03. The molecule has 3 rings (SSSR count). The molecule has 2 nitrogen and oxygen atoms in total. The molecule has 1 N–H and O–H groups in total. The molecule has 0 radical (unpaired) electrons. The maximum Gasteiger partial charge on any atom is 0.124 e. The molecule has 2 heterocycles. The van der Waals surface area contributed by atoms with E-state index in [0.29, 0.717) is 12.6 Å². The largest absolute Gasteiger partial charge is 0.491 e. The van der Waals surface area contributed by atoms with Crippen LogP contribution in [0.4, 0.5) is 0 Å². The minimum atomic E-state index is 0.283. The number of para-hydroxylation sites is 1. The first-order valence-electron chi connectivity index (χ1n) is 5.96. The van der Waals surface area contributed by atoms with Gasteiger partial charge in [-0.15, -0.1) is 11.3 Å². The van der Waals surface area contributed by atoms with Crippen molar-refractivity contribution < 1.29 is 4.74 Å². The Kier molecular flexibility index (Phi) is 3.41. The fraction of sp³-hybridized carbons (Fsp3) is 0.286. The molecule has 0 spiro atoms. The SMILES string of the molecule is CC(NC1COc2ccccc21)c1sccc1Br. The number of nitrogens with one attached hydrogen (secondary N) is 1. The molecule has 2 unspecified atom stereocenters. The number of halogens is 1. The molecule has 18 heavy (non-hydrogen) atoms. The minimum absolute atomic E-state index is 0.283. The second-order valence-corrected chi connectivity index (χ2v) is 6.22. The van der Waals surface area contributed by atoms with Crippen LogP contribution in [0.5, 0.6) is 5.75 Å². The number of benzene rings is 1. The Labute approximate surface area is 119 Å². The van der Waals surface area contributed by atoms with Crippen molar-refractivity contribution in [3.63, 3.8) is 0 Å². The summed E-state index contributed by atoms with van der Waals surface area (Å²) in [5.41, 5.74) is 1.26. The van der Waals surface area contributed by atoms with Crippen LogP contribution in [0.2, 0.25) is 0 Å². The van der Waals surface area contributed by atoms with Gasteiger partial charge in [-0.05, 0) is 40.4 Å². The van der Waals surface area contributed by atoms with Crippen LogP contribution in [0.15, 0.2) is 40.2 Å². The molecule has 0 bridgehead atoms. The quantitative estimate of drug-likeness (QED) is 0.909. The first kappa shape index (κ1) is 12.2. The average Bonchev–Trinajstić information content (AvgIpc) is 2.97. The summed E-state index contributed by atoms with van der Waals surface area (Å²) in [5, 5.41) is 5.74. The van der Waals surface area contributed by atoms with Crippen molar-refractivity contribution in [2.45, 2.75) is 19.0 Å². The predicted octanol–water partition coefficient (Wildman–Crippen LogP) is 4.29. The molecule has 0 aliphatic carbocycles. The molecule has 0 saturated heterocycles. The Morgan fingerprint density at radius 2 is 2.22 bits per heavy atom. The first-order chi connectivity index (χ1) is 8.75. The van der Waals surface area contributed by atoms with Crippen LogP contribution in [0.1, 0.15) is 29.4 Å². The van der Waals surface area contributed by atoms with Gasteiger partial charge in [-0.1, -0.05) is 18.2 Å². The van der Waals surface area contributed by atoms with Crippen molar-refractivity contribution in [3.05, 3.63) is 50.6 Å². The molecule has 0 saturated carbocycles. The van der Waals surface area contributed by atoms with Crippen molar-refractivity contribution in [2.75, 3.05) is 6.61 Å². The molecular formula is C14H14BrNOS. The maximum atomic E-state index is 5.69. The van der Waals surface area contributed by atoms with Crippen molar-refractivity contribution >= 4 is 27.3 Å². The third-order valence-corrected chi connectivity index (χ3v) is 5.24. The molecule has 1 aromatic carbocycles. The van der Waals surface area contributed by atoms with Gasteiger partial charge in [0.15, 0.2) is 0 Å². The lowest BCUT2D eigenvalue weighted by atomic mass is 10.1. The Bertz CT molecular complexity index is 554. The number of hydrogen-bond acceptors (Lipinski definition) is 3. The van der Waals surface area contributed by atoms with Crippen molar-refractivity contribution in [3.8, 4) is 5.75 Å². The van der Waals surface area contributed by atoms with Crippen LogP contribution in [0, 0.1) is 0 Å². The number of rotatable bonds is 3. The van der Waals surface area contributed by atoms with E-state index < -0.39 is 0 Å². The van der Waals surface area contributed by atoms with Crippen LogP contribution in [-0.2, 0) is 0 Å². The first-order valence-corrected chi connectivity index (χ1v) is 7.63. The zero-order chi connectivity index (χ0) is 12.5. The molecule has 2 aromatic rings.